The second-order valence-corrected chi connectivity index (χ2v) is 7.05. The van der Waals surface area contributed by atoms with E-state index in [0.717, 1.165) is 10.5 Å². The summed E-state index contributed by atoms with van der Waals surface area (Å²) in [7, 11) is 0. The Morgan fingerprint density at radius 2 is 1.58 bits per heavy atom. The number of benzene rings is 2. The normalized spacial score (nSPS) is 30.2. The van der Waals surface area contributed by atoms with Crippen molar-refractivity contribution in [2.75, 3.05) is 0 Å². The molecule has 2 aromatic carbocycles. The minimum absolute atomic E-state index is 0.360. The van der Waals surface area contributed by atoms with Crippen LogP contribution >= 0.6 is 11.8 Å². The topological polar surface area (TPSA) is 58.9 Å². The molecular weight excluding hydrogens is 324 g/mol. The van der Waals surface area contributed by atoms with Gasteiger partial charge in [0.15, 0.2) is 0 Å². The van der Waals surface area contributed by atoms with E-state index in [1.165, 1.54) is 11.8 Å². The van der Waals surface area contributed by atoms with E-state index in [-0.39, 0.29) is 5.44 Å². The molecule has 1 heterocycles. The summed E-state index contributed by atoms with van der Waals surface area (Å²) < 4.78 is 11.8. The first kappa shape index (κ1) is 17.5. The minimum atomic E-state index is -0.987. The number of rotatable bonds is 5. The van der Waals surface area contributed by atoms with Gasteiger partial charge in [0.25, 0.3) is 0 Å². The molecule has 5 atom stereocenters. The summed E-state index contributed by atoms with van der Waals surface area (Å²) in [5.41, 5.74) is 0.630. The molecule has 1 aliphatic heterocycles. The highest BCUT2D eigenvalue weighted by Gasteiger charge is 2.43. The molecule has 0 amide bonds. The maximum Gasteiger partial charge on any atom is 0.136 e. The third-order valence-corrected chi connectivity index (χ3v) is 5.22. The molecule has 0 bridgehead atoms. The molecule has 5 heteroatoms. The van der Waals surface area contributed by atoms with Crippen LogP contribution in [0.1, 0.15) is 12.5 Å². The number of hydrogen-bond donors (Lipinski definition) is 2. The Bertz CT molecular complexity index is 622. The van der Waals surface area contributed by atoms with E-state index in [1.807, 2.05) is 60.7 Å². The standard InChI is InChI=1S/C19H22O4S/c1-13-16(20)17(21)18(22-12-14-8-4-2-5-9-14)19(23-13)24-15-10-6-3-7-11-15/h2-11,13,16-21H,12H2,1H3/t13-,16-,17+,18+,19-/m0/s1. The van der Waals surface area contributed by atoms with Crippen molar-refractivity contribution < 1.29 is 19.7 Å². The van der Waals surface area contributed by atoms with Gasteiger partial charge >= 0.3 is 0 Å². The van der Waals surface area contributed by atoms with Crippen molar-refractivity contribution in [2.24, 2.45) is 0 Å². The van der Waals surface area contributed by atoms with Crippen LogP contribution < -0.4 is 0 Å². The summed E-state index contributed by atoms with van der Waals surface area (Å²) in [4.78, 5) is 1.03. The summed E-state index contributed by atoms with van der Waals surface area (Å²) in [5.74, 6) is 0. The van der Waals surface area contributed by atoms with Crippen LogP contribution in [-0.4, -0.2) is 40.1 Å². The first-order valence-corrected chi connectivity index (χ1v) is 8.92. The van der Waals surface area contributed by atoms with Gasteiger partial charge in [-0.1, -0.05) is 60.3 Å². The van der Waals surface area contributed by atoms with Crippen molar-refractivity contribution in [3.8, 4) is 0 Å². The van der Waals surface area contributed by atoms with Crippen LogP contribution in [0.4, 0.5) is 0 Å². The number of hydrogen-bond acceptors (Lipinski definition) is 5. The Labute approximate surface area is 146 Å². The van der Waals surface area contributed by atoms with E-state index in [0.29, 0.717) is 6.61 Å². The summed E-state index contributed by atoms with van der Waals surface area (Å²) in [6.07, 6.45) is -3.00. The van der Waals surface area contributed by atoms with E-state index in [1.54, 1.807) is 6.92 Å². The van der Waals surface area contributed by atoms with Crippen LogP contribution in [0.5, 0.6) is 0 Å². The zero-order valence-corrected chi connectivity index (χ0v) is 14.3. The molecule has 24 heavy (non-hydrogen) atoms. The maximum atomic E-state index is 10.5. The van der Waals surface area contributed by atoms with Gasteiger partial charge in [-0.3, -0.25) is 0 Å². The van der Waals surface area contributed by atoms with Crippen molar-refractivity contribution in [1.82, 2.24) is 0 Å². The summed E-state index contributed by atoms with van der Waals surface area (Å²) >= 11 is 1.50. The number of aliphatic hydroxyl groups is 2. The fourth-order valence-electron chi connectivity index (χ4n) is 2.67. The highest BCUT2D eigenvalue weighted by atomic mass is 32.2. The van der Waals surface area contributed by atoms with E-state index >= 15 is 0 Å². The summed E-state index contributed by atoms with van der Waals surface area (Å²) in [6.45, 7) is 2.12. The maximum absolute atomic E-state index is 10.5. The molecule has 3 rings (SSSR count). The van der Waals surface area contributed by atoms with E-state index in [2.05, 4.69) is 0 Å². The fourth-order valence-corrected chi connectivity index (χ4v) is 3.86. The molecule has 0 radical (unpaired) electrons. The zero-order chi connectivity index (χ0) is 16.9. The quantitative estimate of drug-likeness (QED) is 0.872. The third-order valence-electron chi connectivity index (χ3n) is 4.07. The second kappa shape index (κ2) is 8.14. The van der Waals surface area contributed by atoms with Crippen LogP contribution in [0.25, 0.3) is 0 Å². The number of ether oxygens (including phenoxy) is 2. The number of thioether (sulfide) groups is 1. The van der Waals surface area contributed by atoms with Crippen molar-refractivity contribution in [2.45, 2.75) is 48.3 Å². The van der Waals surface area contributed by atoms with Crippen LogP contribution in [0.3, 0.4) is 0 Å². The summed E-state index contributed by atoms with van der Waals surface area (Å²) in [5, 5.41) is 20.6. The highest BCUT2D eigenvalue weighted by Crippen LogP contribution is 2.35. The molecule has 0 aliphatic carbocycles. The third kappa shape index (κ3) is 4.18. The first-order chi connectivity index (χ1) is 11.6. The molecule has 0 spiro atoms. The molecule has 0 aromatic heterocycles. The predicted molar refractivity (Wildman–Crippen MR) is 93.7 cm³/mol. The van der Waals surface area contributed by atoms with Crippen molar-refractivity contribution >= 4 is 11.8 Å². The predicted octanol–water partition coefficient (Wildman–Crippen LogP) is 2.83. The molecule has 4 nitrogen and oxygen atoms in total. The molecule has 1 fully saturated rings. The Hall–Kier alpha value is -1.37. The largest absolute Gasteiger partial charge is 0.388 e. The van der Waals surface area contributed by atoms with Gasteiger partial charge in [-0.05, 0) is 24.6 Å². The van der Waals surface area contributed by atoms with Gasteiger partial charge in [0.05, 0.1) is 12.7 Å². The first-order valence-electron chi connectivity index (χ1n) is 8.04. The van der Waals surface area contributed by atoms with Gasteiger partial charge < -0.3 is 19.7 Å². The van der Waals surface area contributed by atoms with Crippen molar-refractivity contribution in [3.63, 3.8) is 0 Å². The van der Waals surface area contributed by atoms with E-state index in [4.69, 9.17) is 9.47 Å². The van der Waals surface area contributed by atoms with Gasteiger partial charge in [0, 0.05) is 4.90 Å². The molecule has 128 valence electrons. The lowest BCUT2D eigenvalue weighted by molar-refractivity contribution is -0.210. The monoisotopic (exact) mass is 346 g/mol. The van der Waals surface area contributed by atoms with Gasteiger partial charge in [0.1, 0.15) is 23.7 Å². The van der Waals surface area contributed by atoms with Crippen LogP contribution in [0.2, 0.25) is 0 Å². The van der Waals surface area contributed by atoms with Gasteiger partial charge in [-0.15, -0.1) is 0 Å². The SMILES string of the molecule is C[C@@H]1O[C@@H](Sc2ccccc2)[C@H](OCc2ccccc2)[C@H](O)[C@H]1O. The lowest BCUT2D eigenvalue weighted by atomic mass is 10.0. The summed E-state index contributed by atoms with van der Waals surface area (Å²) in [6, 6.07) is 19.6. The highest BCUT2D eigenvalue weighted by molar-refractivity contribution is 7.99. The lowest BCUT2D eigenvalue weighted by Gasteiger charge is -2.41. The van der Waals surface area contributed by atoms with Gasteiger partial charge in [0.2, 0.25) is 0 Å². The Balaban J connectivity index is 1.72. The molecule has 1 aliphatic rings. The van der Waals surface area contributed by atoms with Crippen LogP contribution in [-0.2, 0) is 16.1 Å². The van der Waals surface area contributed by atoms with Gasteiger partial charge in [-0.2, -0.15) is 0 Å². The van der Waals surface area contributed by atoms with Crippen molar-refractivity contribution in [3.05, 3.63) is 66.2 Å². The number of aliphatic hydroxyl groups excluding tert-OH is 2. The molecule has 1 saturated heterocycles. The van der Waals surface area contributed by atoms with Crippen LogP contribution in [0, 0.1) is 0 Å². The van der Waals surface area contributed by atoms with Crippen LogP contribution in [0.15, 0.2) is 65.6 Å². The zero-order valence-electron chi connectivity index (χ0n) is 13.5. The molecule has 0 saturated carbocycles. The average Bonchev–Trinajstić information content (AvgIpc) is 2.61. The average molecular weight is 346 g/mol. The Morgan fingerprint density at radius 3 is 2.25 bits per heavy atom. The molecule has 0 unspecified atom stereocenters. The van der Waals surface area contributed by atoms with E-state index < -0.39 is 24.4 Å². The lowest BCUT2D eigenvalue weighted by Crippen LogP contribution is -2.56. The minimum Gasteiger partial charge on any atom is -0.388 e. The molecular formula is C19H22O4S. The molecule has 2 N–H and O–H groups in total. The smallest absolute Gasteiger partial charge is 0.136 e. The second-order valence-electron chi connectivity index (χ2n) is 5.88. The Morgan fingerprint density at radius 1 is 0.958 bits per heavy atom. The van der Waals surface area contributed by atoms with E-state index in [9.17, 15) is 10.2 Å². The fraction of sp³-hybridized carbons (Fsp3) is 0.368. The van der Waals surface area contributed by atoms with Gasteiger partial charge in [-0.25, -0.2) is 0 Å². The van der Waals surface area contributed by atoms with Crippen molar-refractivity contribution in [1.29, 1.82) is 0 Å². The Kier molecular flexibility index (Phi) is 5.92. The molecule has 2 aromatic rings.